The minimum atomic E-state index is -3.91. The molecule has 9 heteroatoms. The largest absolute Gasteiger partial charge is 0.478 e. The van der Waals surface area contributed by atoms with Gasteiger partial charge in [-0.2, -0.15) is 4.31 Å². The van der Waals surface area contributed by atoms with Gasteiger partial charge in [0.05, 0.1) is 10.5 Å². The van der Waals surface area contributed by atoms with Gasteiger partial charge in [0.1, 0.15) is 5.82 Å². The van der Waals surface area contributed by atoms with Crippen LogP contribution < -0.4 is 0 Å². The van der Waals surface area contributed by atoms with E-state index in [9.17, 15) is 21.8 Å². The number of rotatable bonds is 3. The zero-order valence-corrected chi connectivity index (χ0v) is 12.8. The second kappa shape index (κ2) is 5.82. The van der Waals surface area contributed by atoms with Crippen molar-refractivity contribution in [2.75, 3.05) is 24.6 Å². The number of carbonyl (C=O) groups is 1. The first kappa shape index (κ1) is 16.1. The third kappa shape index (κ3) is 3.14. The molecule has 1 fully saturated rings. The maximum atomic E-state index is 13.7. The normalized spacial score (nSPS) is 17.8. The molecule has 1 saturated heterocycles. The Kier molecular flexibility index (Phi) is 4.45. The summed E-state index contributed by atoms with van der Waals surface area (Å²) in [6, 6.07) is 1.94. The van der Waals surface area contributed by atoms with E-state index in [0.29, 0.717) is 0 Å². The van der Waals surface area contributed by atoms with Gasteiger partial charge >= 0.3 is 5.97 Å². The average Bonchev–Trinajstić information content (AvgIpc) is 2.41. The molecule has 1 aliphatic rings. The Labute approximate surface area is 124 Å². The van der Waals surface area contributed by atoms with Crippen LogP contribution in [0.15, 0.2) is 17.0 Å². The van der Waals surface area contributed by atoms with Crippen molar-refractivity contribution in [3.63, 3.8) is 0 Å². The smallest absolute Gasteiger partial charge is 0.338 e. The predicted molar refractivity (Wildman–Crippen MR) is 74.7 cm³/mol. The highest BCUT2D eigenvalue weighted by atomic mass is 32.2. The molecule has 116 valence electrons. The van der Waals surface area contributed by atoms with Crippen LogP contribution in [0.5, 0.6) is 0 Å². The second-order valence-corrected chi connectivity index (χ2v) is 8.29. The van der Waals surface area contributed by atoms with Gasteiger partial charge in [-0.15, -0.1) is 0 Å². The van der Waals surface area contributed by atoms with Gasteiger partial charge in [-0.05, 0) is 24.6 Å². The molecule has 0 saturated carbocycles. The van der Waals surface area contributed by atoms with Crippen LogP contribution in [0.3, 0.4) is 0 Å². The van der Waals surface area contributed by atoms with Crippen molar-refractivity contribution < 1.29 is 26.9 Å². The van der Waals surface area contributed by atoms with Crippen molar-refractivity contribution in [1.82, 2.24) is 4.31 Å². The minimum Gasteiger partial charge on any atom is -0.478 e. The number of carboxylic acids is 1. The van der Waals surface area contributed by atoms with E-state index in [-0.39, 0.29) is 35.1 Å². The zero-order valence-electron chi connectivity index (χ0n) is 11.2. The van der Waals surface area contributed by atoms with Crippen molar-refractivity contribution in [2.24, 2.45) is 0 Å². The van der Waals surface area contributed by atoms with Gasteiger partial charge in [0.25, 0.3) is 0 Å². The summed E-state index contributed by atoms with van der Waals surface area (Å²) in [5.74, 6) is -1.98. The lowest BCUT2D eigenvalue weighted by Crippen LogP contribution is -2.41. The molecule has 0 unspecified atom stereocenters. The molecule has 6 nitrogen and oxygen atoms in total. The van der Waals surface area contributed by atoms with Crippen LogP contribution in [0.25, 0.3) is 0 Å². The van der Waals surface area contributed by atoms with Crippen LogP contribution in [0.2, 0.25) is 0 Å². The molecule has 1 aromatic carbocycles. The number of aromatic carboxylic acids is 1. The fourth-order valence-electron chi connectivity index (χ4n) is 2.05. The molecule has 21 heavy (non-hydrogen) atoms. The molecule has 2 rings (SSSR count). The molecule has 0 spiro atoms. The first-order valence-electron chi connectivity index (χ1n) is 6.12. The predicted octanol–water partition coefficient (Wildman–Crippen LogP) is 0.585. The maximum Gasteiger partial charge on any atom is 0.338 e. The van der Waals surface area contributed by atoms with Crippen molar-refractivity contribution >= 4 is 26.8 Å². The highest BCUT2D eigenvalue weighted by molar-refractivity contribution is 7.89. The van der Waals surface area contributed by atoms with Gasteiger partial charge in [-0.3, -0.25) is 4.21 Å². The summed E-state index contributed by atoms with van der Waals surface area (Å²) in [6.07, 6.45) is 0. The van der Waals surface area contributed by atoms with Gasteiger partial charge in [0, 0.05) is 35.4 Å². The molecular formula is C12H14FNO5S2. The average molecular weight is 335 g/mol. The highest BCUT2D eigenvalue weighted by Gasteiger charge is 2.30. The quantitative estimate of drug-likeness (QED) is 0.873. The van der Waals surface area contributed by atoms with Crippen LogP contribution in [0.4, 0.5) is 4.39 Å². The molecule has 0 radical (unpaired) electrons. The summed E-state index contributed by atoms with van der Waals surface area (Å²) in [5.41, 5.74) is -0.719. The Morgan fingerprint density at radius 1 is 1.33 bits per heavy atom. The number of hydrogen-bond donors (Lipinski definition) is 1. The molecule has 0 amide bonds. The number of sulfonamides is 1. The zero-order chi connectivity index (χ0) is 15.8. The van der Waals surface area contributed by atoms with E-state index in [4.69, 9.17) is 5.11 Å². The standard InChI is InChI=1S/C12H14FNO5S2/c1-8-6-9(7-10(11(8)13)12(15)16)21(18,19)14-2-4-20(17)5-3-14/h6-7H,2-5H2,1H3,(H,15,16). The van der Waals surface area contributed by atoms with Crippen LogP contribution in [-0.4, -0.2) is 52.6 Å². The van der Waals surface area contributed by atoms with Gasteiger partial charge in [-0.1, -0.05) is 0 Å². The topological polar surface area (TPSA) is 91.8 Å². The molecule has 1 N–H and O–H groups in total. The van der Waals surface area contributed by atoms with Crippen LogP contribution in [0, 0.1) is 12.7 Å². The van der Waals surface area contributed by atoms with Gasteiger partial charge in [0.15, 0.2) is 0 Å². The van der Waals surface area contributed by atoms with E-state index >= 15 is 0 Å². The number of benzene rings is 1. The monoisotopic (exact) mass is 335 g/mol. The lowest BCUT2D eigenvalue weighted by atomic mass is 10.1. The van der Waals surface area contributed by atoms with Crippen LogP contribution in [-0.2, 0) is 20.8 Å². The third-order valence-electron chi connectivity index (χ3n) is 3.23. The lowest BCUT2D eigenvalue weighted by Gasteiger charge is -2.25. The van der Waals surface area contributed by atoms with Gasteiger partial charge in [0.2, 0.25) is 10.0 Å². The number of nitrogens with zero attached hydrogens (tertiary/aromatic N) is 1. The van der Waals surface area contributed by atoms with E-state index in [1.165, 1.54) is 6.92 Å². The third-order valence-corrected chi connectivity index (χ3v) is 6.39. The van der Waals surface area contributed by atoms with Gasteiger partial charge < -0.3 is 5.11 Å². The fourth-order valence-corrected chi connectivity index (χ4v) is 4.89. The van der Waals surface area contributed by atoms with Crippen LogP contribution >= 0.6 is 0 Å². The Bertz CT molecular complexity index is 707. The SMILES string of the molecule is Cc1cc(S(=O)(=O)N2CCS(=O)CC2)cc(C(=O)O)c1F. The minimum absolute atomic E-state index is 0.0472. The van der Waals surface area contributed by atoms with Crippen molar-refractivity contribution in [3.8, 4) is 0 Å². The lowest BCUT2D eigenvalue weighted by molar-refractivity contribution is 0.0691. The Hall–Kier alpha value is -1.32. The van der Waals surface area contributed by atoms with Crippen LogP contribution in [0.1, 0.15) is 15.9 Å². The molecule has 1 aromatic rings. The van der Waals surface area contributed by atoms with E-state index in [1.54, 1.807) is 0 Å². The molecule has 0 atom stereocenters. The highest BCUT2D eigenvalue weighted by Crippen LogP contribution is 2.23. The van der Waals surface area contributed by atoms with E-state index in [0.717, 1.165) is 16.4 Å². The maximum absolute atomic E-state index is 13.7. The van der Waals surface area contributed by atoms with Crippen molar-refractivity contribution in [1.29, 1.82) is 0 Å². The van der Waals surface area contributed by atoms with E-state index in [2.05, 4.69) is 0 Å². The Balaban J connectivity index is 2.45. The molecule has 1 aliphatic heterocycles. The summed E-state index contributed by atoms with van der Waals surface area (Å²) in [7, 11) is -4.94. The first-order chi connectivity index (χ1) is 9.73. The number of halogens is 1. The molecule has 0 bridgehead atoms. The number of hydrogen-bond acceptors (Lipinski definition) is 4. The summed E-state index contributed by atoms with van der Waals surface area (Å²) >= 11 is 0. The first-order valence-corrected chi connectivity index (χ1v) is 9.05. The summed E-state index contributed by atoms with van der Waals surface area (Å²) in [4.78, 5) is 10.7. The molecule has 0 aliphatic carbocycles. The molecule has 1 heterocycles. The summed E-state index contributed by atoms with van der Waals surface area (Å²) < 4.78 is 51.0. The molecule has 0 aromatic heterocycles. The second-order valence-electron chi connectivity index (χ2n) is 4.66. The number of carboxylic acid groups (broad SMARTS) is 1. The fraction of sp³-hybridized carbons (Fsp3) is 0.417. The Morgan fingerprint density at radius 2 is 1.90 bits per heavy atom. The number of aryl methyl sites for hydroxylation is 1. The van der Waals surface area contributed by atoms with Crippen molar-refractivity contribution in [3.05, 3.63) is 29.1 Å². The summed E-state index contributed by atoms with van der Waals surface area (Å²) in [6.45, 7) is 1.52. The summed E-state index contributed by atoms with van der Waals surface area (Å²) in [5, 5.41) is 8.94. The molecular weight excluding hydrogens is 321 g/mol. The van der Waals surface area contributed by atoms with Gasteiger partial charge in [-0.25, -0.2) is 17.6 Å². The van der Waals surface area contributed by atoms with E-state index < -0.39 is 38.2 Å². The van der Waals surface area contributed by atoms with E-state index in [1.807, 2.05) is 0 Å². The van der Waals surface area contributed by atoms with Crippen molar-refractivity contribution in [2.45, 2.75) is 11.8 Å². The Morgan fingerprint density at radius 3 is 2.43 bits per heavy atom.